The molecule has 7 heteroatoms. The molecule has 1 aliphatic rings. The highest BCUT2D eigenvalue weighted by Crippen LogP contribution is 2.35. The average molecular weight is 487 g/mol. The van der Waals surface area contributed by atoms with Crippen LogP contribution >= 0.6 is 23.4 Å². The molecule has 0 aromatic heterocycles. The van der Waals surface area contributed by atoms with Crippen LogP contribution in [0, 0.1) is 0 Å². The molecule has 0 spiro atoms. The number of methoxy groups -OCH3 is 1. The van der Waals surface area contributed by atoms with E-state index in [0.717, 1.165) is 48.5 Å². The minimum Gasteiger partial charge on any atom is -0.493 e. The molecular weight excluding hydrogens is 456 g/mol. The molecule has 1 amide bonds. The van der Waals surface area contributed by atoms with Crippen molar-refractivity contribution in [2.24, 2.45) is 4.99 Å². The number of amidine groups is 1. The molecule has 0 N–H and O–H groups in total. The van der Waals surface area contributed by atoms with E-state index in [0.29, 0.717) is 34.6 Å². The molecule has 2 aromatic carbocycles. The van der Waals surface area contributed by atoms with Crippen molar-refractivity contribution in [2.45, 2.75) is 46.1 Å². The van der Waals surface area contributed by atoms with Crippen LogP contribution in [0.2, 0.25) is 5.02 Å². The van der Waals surface area contributed by atoms with Gasteiger partial charge in [-0.2, -0.15) is 0 Å². The number of unbranched alkanes of at least 4 members (excludes halogenated alkanes) is 2. The summed E-state index contributed by atoms with van der Waals surface area (Å²) in [5.74, 6) is 1.24. The van der Waals surface area contributed by atoms with Crippen LogP contribution < -0.4 is 9.47 Å². The lowest BCUT2D eigenvalue weighted by atomic mass is 10.1. The number of nitrogens with zero attached hydrogens (tertiary/aromatic N) is 2. The Hall–Kier alpha value is -2.44. The quantitative estimate of drug-likeness (QED) is 0.259. The number of carbonyl (C=O) groups is 1. The van der Waals surface area contributed by atoms with E-state index >= 15 is 0 Å². The molecule has 0 unspecified atom stereocenters. The Labute approximate surface area is 205 Å². The largest absolute Gasteiger partial charge is 0.493 e. The van der Waals surface area contributed by atoms with Gasteiger partial charge in [0.15, 0.2) is 16.7 Å². The third-order valence-corrected chi connectivity index (χ3v) is 6.62. The number of aliphatic imine (C=N–C) groups is 1. The summed E-state index contributed by atoms with van der Waals surface area (Å²) in [6, 6.07) is 13.3. The molecular formula is C26H31ClN2O3S. The molecule has 1 saturated heterocycles. The zero-order chi connectivity index (χ0) is 23.6. The Morgan fingerprint density at radius 3 is 2.61 bits per heavy atom. The van der Waals surface area contributed by atoms with E-state index in [9.17, 15) is 4.79 Å². The zero-order valence-electron chi connectivity index (χ0n) is 19.5. The van der Waals surface area contributed by atoms with E-state index in [1.165, 1.54) is 11.8 Å². The highest BCUT2D eigenvalue weighted by atomic mass is 35.5. The number of hydrogen-bond donors (Lipinski definition) is 0. The van der Waals surface area contributed by atoms with E-state index < -0.39 is 0 Å². The van der Waals surface area contributed by atoms with Gasteiger partial charge in [-0.15, -0.1) is 0 Å². The first-order chi connectivity index (χ1) is 16.1. The lowest BCUT2D eigenvalue weighted by Crippen LogP contribution is -2.30. The van der Waals surface area contributed by atoms with Crippen molar-refractivity contribution < 1.29 is 14.3 Å². The highest BCUT2D eigenvalue weighted by molar-refractivity contribution is 8.18. The number of benzene rings is 2. The van der Waals surface area contributed by atoms with Gasteiger partial charge >= 0.3 is 0 Å². The summed E-state index contributed by atoms with van der Waals surface area (Å²) >= 11 is 7.68. The average Bonchev–Trinajstić information content (AvgIpc) is 3.11. The lowest BCUT2D eigenvalue weighted by Gasteiger charge is -2.14. The first-order valence-corrected chi connectivity index (χ1v) is 12.6. The maximum absolute atomic E-state index is 13.1. The van der Waals surface area contributed by atoms with E-state index in [1.54, 1.807) is 7.11 Å². The molecule has 33 heavy (non-hydrogen) atoms. The Balaban J connectivity index is 1.78. The van der Waals surface area contributed by atoms with Crippen molar-refractivity contribution in [1.82, 2.24) is 4.90 Å². The van der Waals surface area contributed by atoms with E-state index in [2.05, 4.69) is 18.8 Å². The summed E-state index contributed by atoms with van der Waals surface area (Å²) in [6.07, 6.45) is 5.98. The second-order valence-corrected chi connectivity index (χ2v) is 9.15. The van der Waals surface area contributed by atoms with Crippen molar-refractivity contribution in [2.75, 3.05) is 20.2 Å². The third-order valence-electron chi connectivity index (χ3n) is 5.21. The second-order valence-electron chi connectivity index (χ2n) is 7.73. The summed E-state index contributed by atoms with van der Waals surface area (Å²) in [5.41, 5.74) is 1.78. The van der Waals surface area contributed by atoms with Gasteiger partial charge in [0, 0.05) is 23.7 Å². The van der Waals surface area contributed by atoms with Crippen molar-refractivity contribution in [3.8, 4) is 11.5 Å². The van der Waals surface area contributed by atoms with Gasteiger partial charge in [0.25, 0.3) is 5.91 Å². The van der Waals surface area contributed by atoms with Gasteiger partial charge in [0.05, 0.1) is 12.0 Å². The fraction of sp³-hybridized carbons (Fsp3) is 0.385. The fourth-order valence-corrected chi connectivity index (χ4v) is 4.51. The van der Waals surface area contributed by atoms with Crippen molar-refractivity contribution >= 4 is 40.5 Å². The third kappa shape index (κ3) is 6.78. The Morgan fingerprint density at radius 1 is 1.09 bits per heavy atom. The van der Waals surface area contributed by atoms with Crippen LogP contribution in [0.3, 0.4) is 0 Å². The summed E-state index contributed by atoms with van der Waals surface area (Å²) in [6.45, 7) is 6.05. The van der Waals surface area contributed by atoms with Crippen molar-refractivity contribution in [3.05, 3.63) is 63.5 Å². The minimum atomic E-state index is 0.0155. The molecule has 2 aromatic rings. The van der Waals surface area contributed by atoms with Crippen LogP contribution in [-0.4, -0.2) is 36.2 Å². The summed E-state index contributed by atoms with van der Waals surface area (Å²) in [7, 11) is 1.61. The Bertz CT molecular complexity index is 1020. The SMILES string of the molecule is CCCCN=C1S/C(=C\c2ccc(OCc3ccccc3Cl)c(OC)c2)C(=O)N1CCCC. The van der Waals surface area contributed by atoms with Crippen LogP contribution in [0.15, 0.2) is 52.4 Å². The Kier molecular flexibility index (Phi) is 9.70. The first-order valence-electron chi connectivity index (χ1n) is 11.4. The normalized spacial score (nSPS) is 16.1. The second kappa shape index (κ2) is 12.7. The van der Waals surface area contributed by atoms with Crippen LogP contribution in [-0.2, 0) is 11.4 Å². The van der Waals surface area contributed by atoms with Gasteiger partial charge in [0.2, 0.25) is 0 Å². The number of hydrogen-bond acceptors (Lipinski definition) is 5. The van der Waals surface area contributed by atoms with Crippen molar-refractivity contribution in [1.29, 1.82) is 0 Å². The van der Waals surface area contributed by atoms with E-state index in [4.69, 9.17) is 21.1 Å². The molecule has 0 atom stereocenters. The van der Waals surface area contributed by atoms with Crippen LogP contribution in [0.25, 0.3) is 6.08 Å². The Morgan fingerprint density at radius 2 is 1.88 bits per heavy atom. The molecule has 1 fully saturated rings. The molecule has 1 heterocycles. The standard InChI is InChI=1S/C26H31ClN2O3S/c1-4-6-14-28-26-29(15-7-5-2)25(30)24(33-26)17-19-12-13-22(23(16-19)31-3)32-18-20-10-8-9-11-21(20)27/h8-13,16-17H,4-7,14-15,18H2,1-3H3/b24-17-,28-26?. The molecule has 0 aliphatic carbocycles. The lowest BCUT2D eigenvalue weighted by molar-refractivity contribution is -0.122. The molecule has 3 rings (SSSR count). The molecule has 0 radical (unpaired) electrons. The number of rotatable bonds is 11. The number of amides is 1. The van der Waals surface area contributed by atoms with Gasteiger partial charge in [-0.1, -0.05) is 62.6 Å². The van der Waals surface area contributed by atoms with Gasteiger partial charge in [-0.05, 0) is 54.4 Å². The molecule has 0 bridgehead atoms. The van der Waals surface area contributed by atoms with Crippen LogP contribution in [0.1, 0.15) is 50.7 Å². The van der Waals surface area contributed by atoms with Crippen LogP contribution in [0.5, 0.6) is 11.5 Å². The van der Waals surface area contributed by atoms with Crippen LogP contribution in [0.4, 0.5) is 0 Å². The monoisotopic (exact) mass is 486 g/mol. The molecule has 0 saturated carbocycles. The predicted molar refractivity (Wildman–Crippen MR) is 138 cm³/mol. The molecule has 176 valence electrons. The maximum atomic E-state index is 13.1. The van der Waals surface area contributed by atoms with Crippen molar-refractivity contribution in [3.63, 3.8) is 0 Å². The summed E-state index contributed by atoms with van der Waals surface area (Å²) in [5, 5.41) is 1.47. The maximum Gasteiger partial charge on any atom is 0.266 e. The summed E-state index contributed by atoms with van der Waals surface area (Å²) < 4.78 is 11.5. The predicted octanol–water partition coefficient (Wildman–Crippen LogP) is 6.80. The zero-order valence-corrected chi connectivity index (χ0v) is 21.0. The van der Waals surface area contributed by atoms with E-state index in [-0.39, 0.29) is 5.91 Å². The van der Waals surface area contributed by atoms with Gasteiger partial charge in [-0.25, -0.2) is 0 Å². The fourth-order valence-electron chi connectivity index (χ4n) is 3.29. The number of thioether (sulfide) groups is 1. The highest BCUT2D eigenvalue weighted by Gasteiger charge is 2.32. The number of halogens is 1. The summed E-state index contributed by atoms with van der Waals surface area (Å²) in [4.78, 5) is 20.2. The number of ether oxygens (including phenoxy) is 2. The van der Waals surface area contributed by atoms with Gasteiger partial charge in [-0.3, -0.25) is 14.7 Å². The number of carbonyl (C=O) groups excluding carboxylic acids is 1. The first kappa shape index (κ1) is 25.2. The molecule has 5 nitrogen and oxygen atoms in total. The van der Waals surface area contributed by atoms with Gasteiger partial charge < -0.3 is 9.47 Å². The topological polar surface area (TPSA) is 51.1 Å². The van der Waals surface area contributed by atoms with E-state index in [1.807, 2.05) is 53.4 Å². The van der Waals surface area contributed by atoms with Gasteiger partial charge in [0.1, 0.15) is 6.61 Å². The molecule has 1 aliphatic heterocycles. The smallest absolute Gasteiger partial charge is 0.266 e. The minimum absolute atomic E-state index is 0.0155.